The first-order valence-corrected chi connectivity index (χ1v) is 15.6. The first-order chi connectivity index (χ1) is 20.8. The van der Waals surface area contributed by atoms with Crippen LogP contribution in [0.1, 0.15) is 50.5 Å². The zero-order valence-electron chi connectivity index (χ0n) is 23.9. The molecule has 3 saturated heterocycles. The number of phenolic OH excluding ortho intramolecular Hbond substituents is 1. The summed E-state index contributed by atoms with van der Waals surface area (Å²) in [7, 11) is 0. The van der Waals surface area contributed by atoms with Crippen molar-refractivity contribution in [2.45, 2.75) is 63.1 Å². The van der Waals surface area contributed by atoms with Crippen LogP contribution in [0.3, 0.4) is 0 Å². The fraction of sp³-hybridized carbons (Fsp3) is 0.548. The van der Waals surface area contributed by atoms with Gasteiger partial charge < -0.3 is 20.1 Å². The highest BCUT2D eigenvalue weighted by molar-refractivity contribution is 6.32. The Morgan fingerprint density at radius 3 is 2.93 bits per heavy atom. The maximum absolute atomic E-state index is 16.6. The highest BCUT2D eigenvalue weighted by Crippen LogP contribution is 2.41. The molecule has 3 aromatic rings. The topological polar surface area (TPSA) is 104 Å². The van der Waals surface area contributed by atoms with Crippen LogP contribution in [0.5, 0.6) is 11.8 Å². The molecule has 0 spiro atoms. The summed E-state index contributed by atoms with van der Waals surface area (Å²) in [6.45, 7) is 3.44. The number of aromatic hydroxyl groups is 1. The number of hydrogen-bond donors (Lipinski definition) is 2. The predicted octanol–water partition coefficient (Wildman–Crippen LogP) is 4.81. The van der Waals surface area contributed by atoms with Crippen molar-refractivity contribution in [2.75, 3.05) is 44.2 Å². The van der Waals surface area contributed by atoms with Crippen LogP contribution in [0.15, 0.2) is 18.3 Å². The summed E-state index contributed by atoms with van der Waals surface area (Å²) in [6.07, 6.45) is 6.05. The Kier molecular flexibility index (Phi) is 7.49. The number of alkyl halides is 1. The Morgan fingerprint density at radius 2 is 2.05 bits per heavy atom. The smallest absolute Gasteiger partial charge is 0.319 e. The van der Waals surface area contributed by atoms with Gasteiger partial charge in [-0.3, -0.25) is 14.7 Å². The third kappa shape index (κ3) is 5.35. The van der Waals surface area contributed by atoms with E-state index in [1.54, 1.807) is 6.20 Å². The standard InChI is InChI=1S/C31H35ClF2N6O3/c32-24-12-20(41)11-22-21(24)4-5-25(42)35-8-6-18-3-1-9-39(15-18)29-23-14-36-27(22)26(34)28(23)37-30(38-29)43-17-31-7-2-10-40(31)16-19(33)13-31/h11-12,14,18-19,41H,1-10,13,15-17H2,(H,35,42)/t18?,19-,31+/m1/s1. The van der Waals surface area contributed by atoms with Gasteiger partial charge in [-0.25, -0.2) is 8.78 Å². The van der Waals surface area contributed by atoms with Gasteiger partial charge in [0.2, 0.25) is 5.91 Å². The summed E-state index contributed by atoms with van der Waals surface area (Å²) >= 11 is 6.52. The number of nitrogens with one attached hydrogen (secondary N) is 1. The van der Waals surface area contributed by atoms with E-state index < -0.39 is 17.5 Å². The van der Waals surface area contributed by atoms with Gasteiger partial charge in [0, 0.05) is 55.8 Å². The number of anilines is 1. The summed E-state index contributed by atoms with van der Waals surface area (Å²) in [5.41, 5.74) is 0.433. The van der Waals surface area contributed by atoms with Gasteiger partial charge in [0.15, 0.2) is 5.82 Å². The molecule has 8 rings (SSSR count). The fourth-order valence-corrected chi connectivity index (χ4v) is 7.79. The van der Waals surface area contributed by atoms with E-state index in [0.717, 1.165) is 45.2 Å². The SMILES string of the molecule is O=C1CCc2c(Cl)cc(O)cc2-c2ncc3c(nc(OC[C@@]45CCCN4C[C@H](F)C5)nc3c2F)N2CCCC(CCN1)C2. The predicted molar refractivity (Wildman–Crippen MR) is 159 cm³/mol. The van der Waals surface area contributed by atoms with Crippen LogP contribution in [-0.2, 0) is 11.2 Å². The Hall–Kier alpha value is -3.31. The van der Waals surface area contributed by atoms with Crippen LogP contribution in [0.25, 0.3) is 22.2 Å². The van der Waals surface area contributed by atoms with Crippen LogP contribution in [-0.4, -0.2) is 81.9 Å². The summed E-state index contributed by atoms with van der Waals surface area (Å²) in [5, 5.41) is 14.1. The quantitative estimate of drug-likeness (QED) is 0.434. The minimum absolute atomic E-state index is 0.0310. The van der Waals surface area contributed by atoms with E-state index in [1.807, 2.05) is 0 Å². The van der Waals surface area contributed by atoms with Gasteiger partial charge in [-0.2, -0.15) is 9.97 Å². The van der Waals surface area contributed by atoms with E-state index in [4.69, 9.17) is 21.3 Å². The molecule has 0 aliphatic carbocycles. The number of carbonyl (C=O) groups excluding carboxylic acids is 1. The first-order valence-electron chi connectivity index (χ1n) is 15.2. The summed E-state index contributed by atoms with van der Waals surface area (Å²) in [5.74, 6) is -0.0835. The lowest BCUT2D eigenvalue weighted by atomic mass is 9.94. The maximum Gasteiger partial charge on any atom is 0.319 e. The molecule has 12 heteroatoms. The zero-order chi connectivity index (χ0) is 29.7. The number of benzene rings is 1. The fourth-order valence-electron chi connectivity index (χ4n) is 7.49. The van der Waals surface area contributed by atoms with Crippen LogP contribution in [0.2, 0.25) is 5.02 Å². The van der Waals surface area contributed by atoms with Crippen molar-refractivity contribution in [3.8, 4) is 23.0 Å². The molecule has 7 heterocycles. The van der Waals surface area contributed by atoms with Crippen LogP contribution < -0.4 is 15.0 Å². The molecule has 228 valence electrons. The normalized spacial score (nSPS) is 26.1. The number of nitrogens with zero attached hydrogens (tertiary/aromatic N) is 5. The highest BCUT2D eigenvalue weighted by Gasteiger charge is 2.49. The lowest BCUT2D eigenvalue weighted by molar-refractivity contribution is -0.121. The number of ether oxygens (including phenoxy) is 1. The maximum atomic E-state index is 16.6. The van der Waals surface area contributed by atoms with Gasteiger partial charge in [-0.05, 0) is 68.7 Å². The van der Waals surface area contributed by atoms with Crippen molar-refractivity contribution < 1.29 is 23.4 Å². The minimum Gasteiger partial charge on any atom is -0.508 e. The number of pyridine rings is 1. The number of hydrogen-bond acceptors (Lipinski definition) is 8. The van der Waals surface area contributed by atoms with Gasteiger partial charge in [-0.1, -0.05) is 11.6 Å². The molecule has 1 amide bonds. The van der Waals surface area contributed by atoms with Gasteiger partial charge in [0.05, 0.1) is 10.9 Å². The molecule has 0 saturated carbocycles. The number of halogens is 3. The van der Waals surface area contributed by atoms with E-state index in [1.165, 1.54) is 12.1 Å². The number of aromatic nitrogens is 3. The van der Waals surface area contributed by atoms with Crippen molar-refractivity contribution in [2.24, 2.45) is 5.92 Å². The summed E-state index contributed by atoms with van der Waals surface area (Å²) in [4.78, 5) is 30.8. The number of fused-ring (bicyclic) bond motifs is 7. The molecule has 2 N–H and O–H groups in total. The molecule has 9 nitrogen and oxygen atoms in total. The van der Waals surface area contributed by atoms with Gasteiger partial charge in [0.25, 0.3) is 0 Å². The van der Waals surface area contributed by atoms with Crippen LogP contribution in [0.4, 0.5) is 14.6 Å². The van der Waals surface area contributed by atoms with Gasteiger partial charge in [-0.15, -0.1) is 0 Å². The van der Waals surface area contributed by atoms with Crippen LogP contribution in [0, 0.1) is 11.7 Å². The molecule has 3 atom stereocenters. The summed E-state index contributed by atoms with van der Waals surface area (Å²) < 4.78 is 37.2. The molecule has 1 unspecified atom stereocenters. The Bertz CT molecular complexity index is 1580. The molecule has 6 bridgehead atoms. The average molecular weight is 613 g/mol. The Morgan fingerprint density at radius 1 is 1.16 bits per heavy atom. The van der Waals surface area contributed by atoms with E-state index in [-0.39, 0.29) is 53.3 Å². The Balaban J connectivity index is 1.35. The second-order valence-electron chi connectivity index (χ2n) is 12.4. The molecule has 0 radical (unpaired) electrons. The number of phenols is 1. The molecule has 1 aromatic carbocycles. The van der Waals surface area contributed by atoms with Gasteiger partial charge >= 0.3 is 6.01 Å². The van der Waals surface area contributed by atoms with Crippen molar-refractivity contribution in [1.82, 2.24) is 25.2 Å². The molecule has 5 aliphatic heterocycles. The summed E-state index contributed by atoms with van der Waals surface area (Å²) in [6, 6.07) is 2.84. The van der Waals surface area contributed by atoms with Crippen molar-refractivity contribution in [1.29, 1.82) is 0 Å². The third-order valence-electron chi connectivity index (χ3n) is 9.61. The molecule has 5 aliphatic rings. The largest absolute Gasteiger partial charge is 0.508 e. The number of rotatable bonds is 3. The Labute approximate surface area is 253 Å². The van der Waals surface area contributed by atoms with Crippen molar-refractivity contribution in [3.05, 3.63) is 34.7 Å². The van der Waals surface area contributed by atoms with Crippen LogP contribution >= 0.6 is 11.6 Å². The molecule has 2 aromatic heterocycles. The monoisotopic (exact) mass is 612 g/mol. The van der Waals surface area contributed by atoms with Crippen molar-refractivity contribution >= 4 is 34.2 Å². The highest BCUT2D eigenvalue weighted by atomic mass is 35.5. The number of piperidine rings is 1. The van der Waals surface area contributed by atoms with Crippen molar-refractivity contribution in [3.63, 3.8) is 0 Å². The molecule has 3 fully saturated rings. The average Bonchev–Trinajstić information content (AvgIpc) is 3.51. The molecule has 43 heavy (non-hydrogen) atoms. The lowest BCUT2D eigenvalue weighted by Crippen LogP contribution is -2.43. The van der Waals surface area contributed by atoms with E-state index in [2.05, 4.69) is 25.1 Å². The second-order valence-corrected chi connectivity index (χ2v) is 12.8. The van der Waals surface area contributed by atoms with Gasteiger partial charge in [0.1, 0.15) is 35.6 Å². The molecular weight excluding hydrogens is 578 g/mol. The van der Waals surface area contributed by atoms with E-state index in [9.17, 15) is 14.3 Å². The van der Waals surface area contributed by atoms with E-state index in [0.29, 0.717) is 54.3 Å². The number of amides is 1. The zero-order valence-corrected chi connectivity index (χ0v) is 24.7. The molecular formula is C31H35ClF2N6O3. The van der Waals surface area contributed by atoms with E-state index >= 15 is 4.39 Å². The minimum atomic E-state index is -0.895. The number of carbonyl (C=O) groups is 1. The second kappa shape index (κ2) is 11.3. The lowest BCUT2D eigenvalue weighted by Gasteiger charge is -2.34. The first kappa shape index (κ1) is 28.5. The third-order valence-corrected chi connectivity index (χ3v) is 9.94.